The lowest BCUT2D eigenvalue weighted by atomic mass is 10.2. The van der Waals surface area contributed by atoms with Crippen LogP contribution in [0, 0.1) is 0 Å². The number of hydrogen-bond donors (Lipinski definition) is 2. The number of furan rings is 1. The molecule has 3 N–H and O–H groups in total. The highest BCUT2D eigenvalue weighted by Gasteiger charge is 2.21. The van der Waals surface area contributed by atoms with Crippen molar-refractivity contribution >= 4 is 29.2 Å². The van der Waals surface area contributed by atoms with E-state index in [9.17, 15) is 19.2 Å². The molecule has 3 aromatic rings. The molecule has 2 heterocycles. The summed E-state index contributed by atoms with van der Waals surface area (Å²) in [6, 6.07) is 9.81. The Kier molecular flexibility index (Phi) is 5.18. The normalized spacial score (nSPS) is 10.6. The number of ether oxygens (including phenoxy) is 1. The SMILES string of the molecule is Cn1c(N)c(C(=O)COC(=O)c2ccc(-c3ccccc3Cl)o2)c(=O)[nH]c1=O. The van der Waals surface area contributed by atoms with Gasteiger partial charge in [0.2, 0.25) is 11.5 Å². The number of carbonyl (C=O) groups excluding carboxylic acids is 2. The minimum atomic E-state index is -0.958. The Morgan fingerprint density at radius 1 is 1.21 bits per heavy atom. The van der Waals surface area contributed by atoms with E-state index in [2.05, 4.69) is 0 Å². The molecule has 0 aliphatic rings. The fraction of sp³-hybridized carbons (Fsp3) is 0.111. The van der Waals surface area contributed by atoms with Gasteiger partial charge in [-0.05, 0) is 24.3 Å². The van der Waals surface area contributed by atoms with Crippen molar-refractivity contribution in [1.82, 2.24) is 9.55 Å². The number of anilines is 1. The molecule has 0 saturated carbocycles. The first kappa shape index (κ1) is 19.2. The maximum Gasteiger partial charge on any atom is 0.374 e. The number of nitrogens with two attached hydrogens (primary N) is 1. The predicted molar refractivity (Wildman–Crippen MR) is 100 cm³/mol. The number of hydrogen-bond acceptors (Lipinski definition) is 7. The lowest BCUT2D eigenvalue weighted by molar-refractivity contribution is 0.0444. The van der Waals surface area contributed by atoms with Crippen molar-refractivity contribution in [3.05, 3.63) is 73.6 Å². The first-order valence-corrected chi connectivity index (χ1v) is 8.31. The van der Waals surface area contributed by atoms with E-state index < -0.39 is 35.2 Å². The second-order valence-electron chi connectivity index (χ2n) is 5.72. The van der Waals surface area contributed by atoms with Gasteiger partial charge < -0.3 is 14.9 Å². The van der Waals surface area contributed by atoms with E-state index in [1.54, 1.807) is 24.3 Å². The van der Waals surface area contributed by atoms with E-state index in [0.717, 1.165) is 4.57 Å². The lowest BCUT2D eigenvalue weighted by Gasteiger charge is -2.07. The van der Waals surface area contributed by atoms with Crippen molar-refractivity contribution in [2.75, 3.05) is 12.3 Å². The fourth-order valence-electron chi connectivity index (χ4n) is 2.43. The maximum atomic E-state index is 12.2. The van der Waals surface area contributed by atoms with Gasteiger partial charge in [0.25, 0.3) is 5.56 Å². The van der Waals surface area contributed by atoms with Gasteiger partial charge in [0.15, 0.2) is 6.61 Å². The Morgan fingerprint density at radius 2 is 1.93 bits per heavy atom. The summed E-state index contributed by atoms with van der Waals surface area (Å²) in [6.45, 7) is -0.757. The number of nitrogens with one attached hydrogen (secondary N) is 1. The second kappa shape index (κ2) is 7.57. The molecule has 0 saturated heterocycles. The number of Topliss-reactive ketones (excluding diaryl/α,β-unsaturated/α-hetero) is 1. The largest absolute Gasteiger partial charge is 0.451 e. The highest BCUT2D eigenvalue weighted by atomic mass is 35.5. The highest BCUT2D eigenvalue weighted by Crippen LogP contribution is 2.29. The van der Waals surface area contributed by atoms with Crippen LogP contribution in [0.15, 0.2) is 50.4 Å². The Labute approximate surface area is 162 Å². The Morgan fingerprint density at radius 3 is 2.64 bits per heavy atom. The molecule has 0 fully saturated rings. The minimum absolute atomic E-state index is 0.148. The molecule has 3 rings (SSSR count). The number of aromatic amines is 1. The van der Waals surface area contributed by atoms with Crippen LogP contribution in [-0.4, -0.2) is 27.9 Å². The number of H-pyrrole nitrogens is 1. The third-order valence-electron chi connectivity index (χ3n) is 3.93. The first-order valence-electron chi connectivity index (χ1n) is 7.93. The zero-order valence-electron chi connectivity index (χ0n) is 14.5. The van der Waals surface area contributed by atoms with Gasteiger partial charge in [0, 0.05) is 12.6 Å². The number of aromatic nitrogens is 2. The summed E-state index contributed by atoms with van der Waals surface area (Å²) in [5.41, 5.74) is 4.03. The summed E-state index contributed by atoms with van der Waals surface area (Å²) in [4.78, 5) is 49.6. The first-order chi connectivity index (χ1) is 13.3. The summed E-state index contributed by atoms with van der Waals surface area (Å²) in [7, 11) is 1.29. The molecule has 0 spiro atoms. The molecule has 0 unspecified atom stereocenters. The molecule has 0 amide bonds. The molecular formula is C18H14ClN3O6. The standard InChI is InChI=1S/C18H14ClN3O6/c1-22-15(20)14(16(24)21-18(22)26)11(23)8-27-17(25)13-7-6-12(28-13)9-4-2-3-5-10(9)19/h2-7H,8,20H2,1H3,(H,21,24,26). The van der Waals surface area contributed by atoms with Gasteiger partial charge in [-0.2, -0.15) is 0 Å². The van der Waals surface area contributed by atoms with Crippen molar-refractivity contribution < 1.29 is 18.7 Å². The van der Waals surface area contributed by atoms with E-state index in [4.69, 9.17) is 26.5 Å². The molecule has 10 heteroatoms. The van der Waals surface area contributed by atoms with Gasteiger partial charge in [-0.1, -0.05) is 23.7 Å². The molecule has 2 aromatic heterocycles. The van der Waals surface area contributed by atoms with Crippen LogP contribution in [0.4, 0.5) is 5.82 Å². The van der Waals surface area contributed by atoms with Crippen LogP contribution < -0.4 is 17.0 Å². The van der Waals surface area contributed by atoms with E-state index in [0.29, 0.717) is 16.3 Å². The lowest BCUT2D eigenvalue weighted by Crippen LogP contribution is -2.35. The zero-order valence-corrected chi connectivity index (χ0v) is 15.3. The number of benzene rings is 1. The average molecular weight is 404 g/mol. The third kappa shape index (κ3) is 3.60. The second-order valence-corrected chi connectivity index (χ2v) is 6.13. The van der Waals surface area contributed by atoms with Crippen LogP contribution in [0.2, 0.25) is 5.02 Å². The van der Waals surface area contributed by atoms with Crippen molar-refractivity contribution in [1.29, 1.82) is 0 Å². The molecule has 0 bridgehead atoms. The van der Waals surface area contributed by atoms with Gasteiger partial charge in [-0.25, -0.2) is 9.59 Å². The number of esters is 1. The molecule has 0 radical (unpaired) electrons. The predicted octanol–water partition coefficient (Wildman–Crippen LogP) is 1.61. The number of nitrogen functional groups attached to an aromatic ring is 1. The fourth-order valence-corrected chi connectivity index (χ4v) is 2.66. The topological polar surface area (TPSA) is 137 Å². The summed E-state index contributed by atoms with van der Waals surface area (Å²) in [5, 5.41) is 0.441. The molecule has 28 heavy (non-hydrogen) atoms. The maximum absolute atomic E-state index is 12.2. The molecule has 0 aliphatic carbocycles. The zero-order chi connectivity index (χ0) is 20.4. The summed E-state index contributed by atoms with van der Waals surface area (Å²) in [5.74, 6) is -1.89. The molecule has 1 aromatic carbocycles. The van der Waals surface area contributed by atoms with Crippen LogP contribution >= 0.6 is 11.6 Å². The number of nitrogens with zero attached hydrogens (tertiary/aromatic N) is 1. The molecule has 144 valence electrons. The summed E-state index contributed by atoms with van der Waals surface area (Å²) < 4.78 is 11.2. The van der Waals surface area contributed by atoms with Crippen molar-refractivity contribution in [2.24, 2.45) is 7.05 Å². The molecule has 0 atom stereocenters. The molecule has 9 nitrogen and oxygen atoms in total. The Hall–Kier alpha value is -3.59. The summed E-state index contributed by atoms with van der Waals surface area (Å²) >= 11 is 6.08. The van der Waals surface area contributed by atoms with Gasteiger partial charge >= 0.3 is 11.7 Å². The van der Waals surface area contributed by atoms with Gasteiger partial charge in [0.1, 0.15) is 17.1 Å². The van der Waals surface area contributed by atoms with Crippen LogP contribution in [0.3, 0.4) is 0 Å². The quantitative estimate of drug-likeness (QED) is 0.487. The van der Waals surface area contributed by atoms with Crippen molar-refractivity contribution in [3.8, 4) is 11.3 Å². The highest BCUT2D eigenvalue weighted by molar-refractivity contribution is 6.33. The van der Waals surface area contributed by atoms with Crippen molar-refractivity contribution in [3.63, 3.8) is 0 Å². The van der Waals surface area contributed by atoms with Crippen molar-refractivity contribution in [2.45, 2.75) is 0 Å². The third-order valence-corrected chi connectivity index (χ3v) is 4.26. The number of halogens is 1. The van der Waals surface area contributed by atoms with E-state index in [1.165, 1.54) is 19.2 Å². The Balaban J connectivity index is 1.74. The minimum Gasteiger partial charge on any atom is -0.451 e. The van der Waals surface area contributed by atoms with Crippen LogP contribution in [0.1, 0.15) is 20.9 Å². The Bertz CT molecular complexity index is 1190. The van der Waals surface area contributed by atoms with E-state index in [-0.39, 0.29) is 11.6 Å². The van der Waals surface area contributed by atoms with Crippen LogP contribution in [-0.2, 0) is 11.8 Å². The molecular weight excluding hydrogens is 390 g/mol. The average Bonchev–Trinajstić information content (AvgIpc) is 3.14. The van der Waals surface area contributed by atoms with Gasteiger partial charge in [0.05, 0.1) is 5.02 Å². The van der Waals surface area contributed by atoms with Gasteiger partial charge in [-0.15, -0.1) is 0 Å². The molecule has 0 aliphatic heterocycles. The van der Waals surface area contributed by atoms with Gasteiger partial charge in [-0.3, -0.25) is 19.1 Å². The number of carbonyl (C=O) groups is 2. The number of ketones is 1. The number of rotatable bonds is 5. The summed E-state index contributed by atoms with van der Waals surface area (Å²) in [6.07, 6.45) is 0. The van der Waals surface area contributed by atoms with Crippen LogP contribution in [0.25, 0.3) is 11.3 Å². The monoisotopic (exact) mass is 403 g/mol. The van der Waals surface area contributed by atoms with Crippen LogP contribution in [0.5, 0.6) is 0 Å². The van der Waals surface area contributed by atoms with E-state index >= 15 is 0 Å². The smallest absolute Gasteiger partial charge is 0.374 e. The van der Waals surface area contributed by atoms with E-state index in [1.807, 2.05) is 4.98 Å².